The van der Waals surface area contributed by atoms with Crippen molar-refractivity contribution in [3.63, 3.8) is 0 Å². The fraction of sp³-hybridized carbons (Fsp3) is 0.800. The third-order valence-electron chi connectivity index (χ3n) is 4.47. The Morgan fingerprint density at radius 1 is 1.42 bits per heavy atom. The quantitative estimate of drug-likeness (QED) is 0.883. The number of aromatic nitrogens is 2. The van der Waals surface area contributed by atoms with Crippen molar-refractivity contribution in [2.45, 2.75) is 52.7 Å². The highest BCUT2D eigenvalue weighted by Gasteiger charge is 2.23. The van der Waals surface area contributed by atoms with Crippen molar-refractivity contribution in [1.29, 1.82) is 0 Å². The topological polar surface area (TPSA) is 33.1 Å². The van der Waals surface area contributed by atoms with Crippen molar-refractivity contribution in [1.82, 2.24) is 20.0 Å². The maximum atomic E-state index is 4.53. The monoisotopic (exact) mass is 264 g/mol. The summed E-state index contributed by atoms with van der Waals surface area (Å²) in [4.78, 5) is 2.57. The molecular weight excluding hydrogens is 236 g/mol. The number of hydrogen-bond donors (Lipinski definition) is 1. The smallest absolute Gasteiger partial charge is 0.0597 e. The molecule has 19 heavy (non-hydrogen) atoms. The second-order valence-electron chi connectivity index (χ2n) is 5.78. The van der Waals surface area contributed by atoms with Gasteiger partial charge in [-0.15, -0.1) is 0 Å². The van der Waals surface area contributed by atoms with Crippen LogP contribution in [0.1, 0.15) is 38.1 Å². The predicted molar refractivity (Wildman–Crippen MR) is 79.2 cm³/mol. The molecule has 1 unspecified atom stereocenters. The van der Waals surface area contributed by atoms with Gasteiger partial charge in [0, 0.05) is 19.1 Å². The summed E-state index contributed by atoms with van der Waals surface area (Å²) in [5, 5.41) is 7.92. The van der Waals surface area contributed by atoms with E-state index in [-0.39, 0.29) is 0 Å². The van der Waals surface area contributed by atoms with Gasteiger partial charge in [-0.2, -0.15) is 5.10 Å². The van der Waals surface area contributed by atoms with Crippen molar-refractivity contribution in [2.24, 2.45) is 5.92 Å². The van der Waals surface area contributed by atoms with Gasteiger partial charge in [0.1, 0.15) is 0 Å². The molecule has 1 saturated heterocycles. The Bertz CT molecular complexity index is 391. The zero-order valence-electron chi connectivity index (χ0n) is 12.8. The number of hydrogen-bond acceptors (Lipinski definition) is 3. The van der Waals surface area contributed by atoms with Crippen LogP contribution >= 0.6 is 0 Å². The Balaban J connectivity index is 1.88. The van der Waals surface area contributed by atoms with E-state index in [2.05, 4.69) is 53.9 Å². The highest BCUT2D eigenvalue weighted by molar-refractivity contribution is 5.09. The van der Waals surface area contributed by atoms with Gasteiger partial charge >= 0.3 is 0 Å². The van der Waals surface area contributed by atoms with Crippen molar-refractivity contribution in [2.75, 3.05) is 20.1 Å². The number of nitrogens with zero attached hydrogens (tertiary/aromatic N) is 3. The highest BCUT2D eigenvalue weighted by atomic mass is 15.3. The summed E-state index contributed by atoms with van der Waals surface area (Å²) in [5.41, 5.74) is 2.50. The van der Waals surface area contributed by atoms with Crippen LogP contribution in [-0.4, -0.2) is 40.9 Å². The van der Waals surface area contributed by atoms with E-state index in [0.717, 1.165) is 24.7 Å². The SMILES string of the molecule is CCn1nc(C)cc1CN1CCC(C(C)NC)CC1. The molecule has 1 aliphatic heterocycles. The van der Waals surface area contributed by atoms with Gasteiger partial charge in [0.15, 0.2) is 0 Å². The zero-order valence-corrected chi connectivity index (χ0v) is 12.8. The summed E-state index contributed by atoms with van der Waals surface area (Å²) in [6.45, 7) is 11.0. The normalized spacial score (nSPS) is 19.8. The lowest BCUT2D eigenvalue weighted by atomic mass is 9.90. The average molecular weight is 264 g/mol. The highest BCUT2D eigenvalue weighted by Crippen LogP contribution is 2.22. The lowest BCUT2D eigenvalue weighted by Crippen LogP contribution is -2.40. The first-order valence-corrected chi connectivity index (χ1v) is 7.57. The standard InChI is InChI=1S/C15H28N4/c1-5-19-15(10-12(2)17-19)11-18-8-6-14(7-9-18)13(3)16-4/h10,13-14,16H,5-9,11H2,1-4H3. The van der Waals surface area contributed by atoms with E-state index in [1.165, 1.54) is 31.6 Å². The number of nitrogens with one attached hydrogen (secondary N) is 1. The molecular formula is C15H28N4. The lowest BCUT2D eigenvalue weighted by Gasteiger charge is -2.34. The Labute approximate surface area is 117 Å². The van der Waals surface area contributed by atoms with E-state index >= 15 is 0 Å². The van der Waals surface area contributed by atoms with Crippen LogP contribution < -0.4 is 5.32 Å². The third kappa shape index (κ3) is 3.57. The number of rotatable bonds is 5. The molecule has 0 saturated carbocycles. The van der Waals surface area contributed by atoms with Crippen molar-refractivity contribution >= 4 is 0 Å². The van der Waals surface area contributed by atoms with Crippen LogP contribution in [0, 0.1) is 12.8 Å². The predicted octanol–water partition coefficient (Wildman–Crippen LogP) is 2.03. The molecule has 1 fully saturated rings. The summed E-state index contributed by atoms with van der Waals surface area (Å²) < 4.78 is 2.14. The Morgan fingerprint density at radius 3 is 2.68 bits per heavy atom. The van der Waals surface area contributed by atoms with E-state index < -0.39 is 0 Å². The molecule has 0 bridgehead atoms. The first-order chi connectivity index (χ1) is 9.13. The maximum Gasteiger partial charge on any atom is 0.0597 e. The molecule has 0 aliphatic carbocycles. The lowest BCUT2D eigenvalue weighted by molar-refractivity contribution is 0.155. The number of likely N-dealkylation sites (tertiary alicyclic amines) is 1. The molecule has 0 radical (unpaired) electrons. The van der Waals surface area contributed by atoms with Crippen LogP contribution in [0.3, 0.4) is 0 Å². The number of aryl methyl sites for hydroxylation is 2. The Morgan fingerprint density at radius 2 is 2.11 bits per heavy atom. The molecule has 0 spiro atoms. The molecule has 1 aliphatic rings. The first-order valence-electron chi connectivity index (χ1n) is 7.57. The summed E-state index contributed by atoms with van der Waals surface area (Å²) in [6.07, 6.45) is 2.61. The molecule has 2 heterocycles. The summed E-state index contributed by atoms with van der Waals surface area (Å²) in [5.74, 6) is 0.832. The first kappa shape index (κ1) is 14.5. The van der Waals surface area contributed by atoms with Gasteiger partial charge in [-0.3, -0.25) is 9.58 Å². The molecule has 0 amide bonds. The van der Waals surface area contributed by atoms with Crippen molar-refractivity contribution in [3.8, 4) is 0 Å². The minimum absolute atomic E-state index is 0.644. The molecule has 2 rings (SSSR count). The molecule has 0 aromatic carbocycles. The molecule has 1 N–H and O–H groups in total. The van der Waals surface area contributed by atoms with Crippen LogP contribution in [0.2, 0.25) is 0 Å². The van der Waals surface area contributed by atoms with E-state index in [9.17, 15) is 0 Å². The van der Waals surface area contributed by atoms with Gasteiger partial charge in [-0.05, 0) is 65.7 Å². The largest absolute Gasteiger partial charge is 0.317 e. The second kappa shape index (κ2) is 6.53. The molecule has 4 nitrogen and oxygen atoms in total. The Kier molecular flexibility index (Phi) is 4.99. The second-order valence-corrected chi connectivity index (χ2v) is 5.78. The fourth-order valence-electron chi connectivity index (χ4n) is 3.08. The van der Waals surface area contributed by atoms with Crippen LogP contribution in [0.25, 0.3) is 0 Å². The van der Waals surface area contributed by atoms with Crippen LogP contribution in [0.5, 0.6) is 0 Å². The summed E-state index contributed by atoms with van der Waals surface area (Å²) in [6, 6.07) is 2.87. The van der Waals surface area contributed by atoms with Crippen molar-refractivity contribution in [3.05, 3.63) is 17.5 Å². The van der Waals surface area contributed by atoms with Gasteiger partial charge in [0.25, 0.3) is 0 Å². The molecule has 4 heteroatoms. The average Bonchev–Trinajstić information content (AvgIpc) is 2.78. The van der Waals surface area contributed by atoms with Crippen LogP contribution in [0.15, 0.2) is 6.07 Å². The molecule has 108 valence electrons. The van der Waals surface area contributed by atoms with Gasteiger partial charge in [0.05, 0.1) is 11.4 Å². The summed E-state index contributed by atoms with van der Waals surface area (Å²) >= 11 is 0. The minimum atomic E-state index is 0.644. The van der Waals surface area contributed by atoms with E-state index in [0.29, 0.717) is 6.04 Å². The fourth-order valence-corrected chi connectivity index (χ4v) is 3.08. The van der Waals surface area contributed by atoms with Gasteiger partial charge < -0.3 is 5.32 Å². The Hall–Kier alpha value is -0.870. The van der Waals surface area contributed by atoms with E-state index in [1.807, 2.05) is 0 Å². The van der Waals surface area contributed by atoms with Gasteiger partial charge in [-0.25, -0.2) is 0 Å². The summed E-state index contributed by atoms with van der Waals surface area (Å²) in [7, 11) is 2.07. The van der Waals surface area contributed by atoms with Crippen molar-refractivity contribution < 1.29 is 0 Å². The number of piperidine rings is 1. The zero-order chi connectivity index (χ0) is 13.8. The minimum Gasteiger partial charge on any atom is -0.317 e. The third-order valence-corrected chi connectivity index (χ3v) is 4.47. The molecule has 1 atom stereocenters. The van der Waals surface area contributed by atoms with Gasteiger partial charge in [-0.1, -0.05) is 0 Å². The van der Waals surface area contributed by atoms with E-state index in [1.54, 1.807) is 0 Å². The molecule has 1 aromatic heterocycles. The van der Waals surface area contributed by atoms with Crippen LogP contribution in [-0.2, 0) is 13.1 Å². The maximum absolute atomic E-state index is 4.53. The van der Waals surface area contributed by atoms with E-state index in [4.69, 9.17) is 0 Å². The molecule has 1 aromatic rings. The van der Waals surface area contributed by atoms with Gasteiger partial charge in [0.2, 0.25) is 0 Å². The van der Waals surface area contributed by atoms with Crippen LogP contribution in [0.4, 0.5) is 0 Å².